The fourth-order valence-electron chi connectivity index (χ4n) is 1.87. The summed E-state index contributed by atoms with van der Waals surface area (Å²) < 4.78 is 10.8. The van der Waals surface area contributed by atoms with E-state index in [0.29, 0.717) is 25.7 Å². The van der Waals surface area contributed by atoms with E-state index in [9.17, 15) is 4.79 Å². The van der Waals surface area contributed by atoms with Crippen LogP contribution in [0.1, 0.15) is 27.2 Å². The third kappa shape index (κ3) is 12.6. The van der Waals surface area contributed by atoms with Crippen LogP contribution in [-0.4, -0.2) is 50.9 Å². The zero-order valence-corrected chi connectivity index (χ0v) is 18.3. The fraction of sp³-hybridized carbons (Fsp3) is 0.556. The molecule has 0 aliphatic rings. The molecule has 0 aliphatic heterocycles. The highest BCUT2D eigenvalue weighted by Gasteiger charge is 2.15. The molecule has 0 unspecified atom stereocenters. The number of carbonyl (C=O) groups is 1. The molecule has 0 spiro atoms. The smallest absolute Gasteiger partial charge is 0.407 e. The number of guanidine groups is 1. The number of rotatable bonds is 8. The van der Waals surface area contributed by atoms with E-state index in [1.54, 1.807) is 7.05 Å². The number of para-hydroxylation sites is 1. The number of nitrogens with one attached hydrogen (secondary N) is 3. The Morgan fingerprint density at radius 3 is 2.27 bits per heavy atom. The minimum Gasteiger partial charge on any atom is -0.494 e. The molecule has 0 aromatic heterocycles. The topological polar surface area (TPSA) is 84.0 Å². The van der Waals surface area contributed by atoms with Gasteiger partial charge in [0.1, 0.15) is 11.4 Å². The summed E-state index contributed by atoms with van der Waals surface area (Å²) in [5.41, 5.74) is -0.489. The van der Waals surface area contributed by atoms with Gasteiger partial charge in [-0.3, -0.25) is 4.99 Å². The average molecular weight is 478 g/mol. The number of carbonyl (C=O) groups excluding carboxylic acids is 1. The van der Waals surface area contributed by atoms with Crippen LogP contribution in [0.15, 0.2) is 35.3 Å². The average Bonchev–Trinajstić information content (AvgIpc) is 2.55. The molecule has 0 bridgehead atoms. The number of amides is 1. The largest absolute Gasteiger partial charge is 0.494 e. The van der Waals surface area contributed by atoms with Crippen LogP contribution in [0.3, 0.4) is 0 Å². The maximum Gasteiger partial charge on any atom is 0.407 e. The van der Waals surface area contributed by atoms with Crippen LogP contribution >= 0.6 is 24.0 Å². The summed E-state index contributed by atoms with van der Waals surface area (Å²) in [5, 5.41) is 9.01. The van der Waals surface area contributed by atoms with Gasteiger partial charge in [-0.2, -0.15) is 0 Å². The number of alkyl carbamates (subject to hydrolysis) is 1. The molecule has 0 radical (unpaired) electrons. The SMILES string of the molecule is CN=C(NCCCOc1ccccc1)NCCNC(=O)OC(C)(C)C.I. The molecule has 1 aromatic carbocycles. The molecular formula is C18H31IN4O3. The lowest BCUT2D eigenvalue weighted by atomic mass is 10.2. The third-order valence-corrected chi connectivity index (χ3v) is 2.93. The van der Waals surface area contributed by atoms with E-state index in [1.165, 1.54) is 0 Å². The second kappa shape index (κ2) is 13.5. The highest BCUT2D eigenvalue weighted by Crippen LogP contribution is 2.08. The zero-order chi connectivity index (χ0) is 18.5. The molecule has 1 amide bonds. The molecule has 26 heavy (non-hydrogen) atoms. The maximum atomic E-state index is 11.5. The van der Waals surface area contributed by atoms with Gasteiger partial charge in [0, 0.05) is 26.7 Å². The zero-order valence-electron chi connectivity index (χ0n) is 16.0. The lowest BCUT2D eigenvalue weighted by Crippen LogP contribution is -2.42. The summed E-state index contributed by atoms with van der Waals surface area (Å²) in [6.45, 7) is 7.88. The van der Waals surface area contributed by atoms with Crippen LogP contribution < -0.4 is 20.7 Å². The van der Waals surface area contributed by atoms with Crippen molar-refractivity contribution < 1.29 is 14.3 Å². The van der Waals surface area contributed by atoms with Crippen molar-refractivity contribution in [2.45, 2.75) is 32.8 Å². The first-order valence-electron chi connectivity index (χ1n) is 8.50. The van der Waals surface area contributed by atoms with Crippen molar-refractivity contribution in [3.63, 3.8) is 0 Å². The lowest BCUT2D eigenvalue weighted by Gasteiger charge is -2.19. The van der Waals surface area contributed by atoms with Gasteiger partial charge in [0.25, 0.3) is 0 Å². The molecule has 0 saturated carbocycles. The maximum absolute atomic E-state index is 11.5. The molecule has 7 nitrogen and oxygen atoms in total. The van der Waals surface area contributed by atoms with Crippen LogP contribution in [0.25, 0.3) is 0 Å². The van der Waals surface area contributed by atoms with Gasteiger partial charge in [-0.1, -0.05) is 18.2 Å². The predicted octanol–water partition coefficient (Wildman–Crippen LogP) is 2.76. The Hall–Kier alpha value is -1.71. The molecule has 148 valence electrons. The summed E-state index contributed by atoms with van der Waals surface area (Å²) in [6.07, 6.45) is 0.432. The summed E-state index contributed by atoms with van der Waals surface area (Å²) in [5.74, 6) is 1.56. The molecule has 0 fully saturated rings. The summed E-state index contributed by atoms with van der Waals surface area (Å²) in [7, 11) is 1.71. The van der Waals surface area contributed by atoms with Crippen molar-refractivity contribution >= 4 is 36.0 Å². The normalized spacial score (nSPS) is 11.2. The molecule has 1 aromatic rings. The van der Waals surface area contributed by atoms with Gasteiger partial charge < -0.3 is 25.4 Å². The number of hydrogen-bond acceptors (Lipinski definition) is 4. The minimum absolute atomic E-state index is 0. The molecule has 3 N–H and O–H groups in total. The van der Waals surface area contributed by atoms with Crippen molar-refractivity contribution in [1.29, 1.82) is 0 Å². The number of nitrogens with zero attached hydrogens (tertiary/aromatic N) is 1. The van der Waals surface area contributed by atoms with Gasteiger partial charge in [0.15, 0.2) is 5.96 Å². The second-order valence-electron chi connectivity index (χ2n) is 6.37. The van der Waals surface area contributed by atoms with Crippen LogP contribution in [0.4, 0.5) is 4.79 Å². The van der Waals surface area contributed by atoms with Crippen molar-refractivity contribution in [2.75, 3.05) is 33.3 Å². The lowest BCUT2D eigenvalue weighted by molar-refractivity contribution is 0.0529. The molecular weight excluding hydrogens is 447 g/mol. The van der Waals surface area contributed by atoms with Gasteiger partial charge in [-0.05, 0) is 39.3 Å². The third-order valence-electron chi connectivity index (χ3n) is 2.93. The summed E-state index contributed by atoms with van der Waals surface area (Å²) in [4.78, 5) is 15.6. The number of benzene rings is 1. The number of aliphatic imine (C=N–C) groups is 1. The van der Waals surface area contributed by atoms with E-state index in [4.69, 9.17) is 9.47 Å². The van der Waals surface area contributed by atoms with Crippen molar-refractivity contribution in [2.24, 2.45) is 4.99 Å². The van der Waals surface area contributed by atoms with E-state index < -0.39 is 11.7 Å². The summed E-state index contributed by atoms with van der Waals surface area (Å²) in [6, 6.07) is 9.73. The van der Waals surface area contributed by atoms with Crippen molar-refractivity contribution in [1.82, 2.24) is 16.0 Å². The van der Waals surface area contributed by atoms with Crippen LogP contribution in [0.2, 0.25) is 0 Å². The Morgan fingerprint density at radius 1 is 1.04 bits per heavy atom. The predicted molar refractivity (Wildman–Crippen MR) is 116 cm³/mol. The Labute approximate surface area is 173 Å². The van der Waals surface area contributed by atoms with E-state index in [1.807, 2.05) is 51.1 Å². The van der Waals surface area contributed by atoms with E-state index >= 15 is 0 Å². The molecule has 0 atom stereocenters. The molecule has 8 heteroatoms. The van der Waals surface area contributed by atoms with Crippen molar-refractivity contribution in [3.8, 4) is 5.75 Å². The van der Waals surface area contributed by atoms with E-state index in [2.05, 4.69) is 20.9 Å². The van der Waals surface area contributed by atoms with E-state index in [-0.39, 0.29) is 24.0 Å². The summed E-state index contributed by atoms with van der Waals surface area (Å²) >= 11 is 0. The Kier molecular flexibility index (Phi) is 12.6. The second-order valence-corrected chi connectivity index (χ2v) is 6.37. The standard InChI is InChI=1S/C18H30N4O3.HI/c1-18(2,3)25-17(23)22-13-12-21-16(19-4)20-11-8-14-24-15-9-6-5-7-10-15;/h5-7,9-10H,8,11-14H2,1-4H3,(H,22,23)(H2,19,20,21);1H. The first-order valence-corrected chi connectivity index (χ1v) is 8.50. The van der Waals surface area contributed by atoms with Crippen LogP contribution in [-0.2, 0) is 4.74 Å². The molecule has 0 saturated heterocycles. The molecule has 1 rings (SSSR count). The van der Waals surface area contributed by atoms with Gasteiger partial charge in [0.05, 0.1) is 6.61 Å². The first kappa shape index (κ1) is 24.3. The van der Waals surface area contributed by atoms with Gasteiger partial charge >= 0.3 is 6.09 Å². The Bertz CT molecular complexity index is 533. The number of halogens is 1. The Balaban J connectivity index is 0.00000625. The van der Waals surface area contributed by atoms with Crippen molar-refractivity contribution in [3.05, 3.63) is 30.3 Å². The Morgan fingerprint density at radius 2 is 1.65 bits per heavy atom. The first-order chi connectivity index (χ1) is 11.9. The number of ether oxygens (including phenoxy) is 2. The van der Waals surface area contributed by atoms with E-state index in [0.717, 1.165) is 18.7 Å². The monoisotopic (exact) mass is 478 g/mol. The molecule has 0 aliphatic carbocycles. The van der Waals surface area contributed by atoms with Crippen LogP contribution in [0, 0.1) is 0 Å². The van der Waals surface area contributed by atoms with Gasteiger partial charge in [-0.15, -0.1) is 24.0 Å². The quantitative estimate of drug-likeness (QED) is 0.232. The number of hydrogen-bond donors (Lipinski definition) is 3. The highest BCUT2D eigenvalue weighted by atomic mass is 127. The highest BCUT2D eigenvalue weighted by molar-refractivity contribution is 14.0. The van der Waals surface area contributed by atoms with Gasteiger partial charge in [-0.25, -0.2) is 4.79 Å². The minimum atomic E-state index is -0.489. The fourth-order valence-corrected chi connectivity index (χ4v) is 1.87. The van der Waals surface area contributed by atoms with Gasteiger partial charge in [0.2, 0.25) is 0 Å². The van der Waals surface area contributed by atoms with Crippen LogP contribution in [0.5, 0.6) is 5.75 Å². The molecule has 0 heterocycles.